The Kier molecular flexibility index (Phi) is 6.63. The lowest BCUT2D eigenvalue weighted by Gasteiger charge is -1.99. The number of ether oxygens (including phenoxy) is 1. The van der Waals surface area contributed by atoms with Crippen LogP contribution >= 0.6 is 0 Å². The Labute approximate surface area is 89.0 Å². The number of nitrogens with two attached hydrogens (primary N) is 1. The van der Waals surface area contributed by atoms with Gasteiger partial charge in [0.2, 0.25) is 5.91 Å². The highest BCUT2D eigenvalue weighted by Gasteiger charge is 1.98. The van der Waals surface area contributed by atoms with E-state index in [9.17, 15) is 9.59 Å². The van der Waals surface area contributed by atoms with Crippen molar-refractivity contribution in [3.05, 3.63) is 30.3 Å². The lowest BCUT2D eigenvalue weighted by molar-refractivity contribution is -0.134. The molecule has 0 aliphatic rings. The summed E-state index contributed by atoms with van der Waals surface area (Å²) < 4.78 is 4.92. The molecule has 4 heteroatoms. The third kappa shape index (κ3) is 8.49. The molecule has 0 bridgehead atoms. The van der Waals surface area contributed by atoms with Crippen LogP contribution in [0, 0.1) is 0 Å². The second-order valence-corrected chi connectivity index (χ2v) is 2.75. The zero-order chi connectivity index (χ0) is 11.7. The van der Waals surface area contributed by atoms with Crippen LogP contribution in [0.3, 0.4) is 0 Å². The minimum Gasteiger partial charge on any atom is -0.427 e. The molecule has 0 fully saturated rings. The first-order valence-corrected chi connectivity index (χ1v) is 4.58. The summed E-state index contributed by atoms with van der Waals surface area (Å²) in [6.45, 7) is 3.07. The molecule has 0 spiro atoms. The molecule has 1 amide bonds. The van der Waals surface area contributed by atoms with Crippen LogP contribution in [-0.4, -0.2) is 11.9 Å². The minimum atomic E-state index is -0.333. The molecule has 0 radical (unpaired) electrons. The number of amides is 1. The smallest absolute Gasteiger partial charge is 0.310 e. The third-order valence-corrected chi connectivity index (χ3v) is 1.26. The van der Waals surface area contributed by atoms with Gasteiger partial charge in [0, 0.05) is 13.3 Å². The summed E-state index contributed by atoms with van der Waals surface area (Å²) in [5, 5.41) is 0. The van der Waals surface area contributed by atoms with Crippen LogP contribution in [0.5, 0.6) is 5.75 Å². The van der Waals surface area contributed by atoms with Gasteiger partial charge in [-0.05, 0) is 12.1 Å². The van der Waals surface area contributed by atoms with E-state index in [1.54, 1.807) is 19.1 Å². The molecule has 0 heterocycles. The van der Waals surface area contributed by atoms with Crippen molar-refractivity contribution in [1.82, 2.24) is 0 Å². The number of rotatable bonds is 2. The van der Waals surface area contributed by atoms with Gasteiger partial charge in [0.05, 0.1) is 0 Å². The third-order valence-electron chi connectivity index (χ3n) is 1.26. The van der Waals surface area contributed by atoms with Crippen molar-refractivity contribution in [3.8, 4) is 5.75 Å². The van der Waals surface area contributed by atoms with Crippen molar-refractivity contribution in [2.45, 2.75) is 20.3 Å². The number of primary amides is 1. The summed E-state index contributed by atoms with van der Waals surface area (Å²) in [5.74, 6) is 0.0792. The lowest BCUT2D eigenvalue weighted by Crippen LogP contribution is -2.04. The van der Waals surface area contributed by atoms with Crippen LogP contribution in [-0.2, 0) is 9.59 Å². The summed E-state index contributed by atoms with van der Waals surface area (Å²) in [4.78, 5) is 20.0. The van der Waals surface area contributed by atoms with Crippen LogP contribution in [0.2, 0.25) is 0 Å². The molecule has 1 aromatic carbocycles. The van der Waals surface area contributed by atoms with E-state index in [1.807, 2.05) is 18.2 Å². The van der Waals surface area contributed by atoms with Gasteiger partial charge in [-0.1, -0.05) is 25.1 Å². The van der Waals surface area contributed by atoms with Gasteiger partial charge in [-0.15, -0.1) is 0 Å². The van der Waals surface area contributed by atoms with Crippen LogP contribution in [0.4, 0.5) is 0 Å². The predicted molar refractivity (Wildman–Crippen MR) is 57.2 cm³/mol. The maximum absolute atomic E-state index is 10.8. The molecule has 0 saturated carbocycles. The van der Waals surface area contributed by atoms with Gasteiger partial charge in [-0.25, -0.2) is 0 Å². The molecule has 0 aliphatic carbocycles. The molecule has 0 atom stereocenters. The Balaban J connectivity index is 0.000000423. The molecule has 15 heavy (non-hydrogen) atoms. The summed E-state index contributed by atoms with van der Waals surface area (Å²) in [6, 6.07) is 9.06. The minimum absolute atomic E-state index is 0.198. The Morgan fingerprint density at radius 3 is 2.13 bits per heavy atom. The van der Waals surface area contributed by atoms with Gasteiger partial charge < -0.3 is 10.5 Å². The van der Waals surface area contributed by atoms with Gasteiger partial charge in [0.1, 0.15) is 5.75 Å². The van der Waals surface area contributed by atoms with Crippen LogP contribution < -0.4 is 10.5 Å². The van der Waals surface area contributed by atoms with E-state index in [4.69, 9.17) is 4.74 Å². The molecular weight excluding hydrogens is 194 g/mol. The second-order valence-electron chi connectivity index (χ2n) is 2.75. The first kappa shape index (κ1) is 13.2. The van der Waals surface area contributed by atoms with E-state index in [-0.39, 0.29) is 11.9 Å². The Morgan fingerprint density at radius 1 is 1.27 bits per heavy atom. The fraction of sp³-hybridized carbons (Fsp3) is 0.273. The van der Waals surface area contributed by atoms with Crippen LogP contribution in [0.25, 0.3) is 0 Å². The van der Waals surface area contributed by atoms with Crippen molar-refractivity contribution in [3.63, 3.8) is 0 Å². The van der Waals surface area contributed by atoms with E-state index in [0.717, 1.165) is 0 Å². The normalized spacial score (nSPS) is 8.40. The van der Waals surface area contributed by atoms with Gasteiger partial charge in [0.25, 0.3) is 0 Å². The average Bonchev–Trinajstić information content (AvgIpc) is 2.18. The van der Waals surface area contributed by atoms with E-state index in [1.165, 1.54) is 6.92 Å². The number of benzene rings is 1. The first-order chi connectivity index (χ1) is 7.06. The van der Waals surface area contributed by atoms with E-state index < -0.39 is 0 Å². The number of para-hydroxylation sites is 1. The summed E-state index contributed by atoms with van der Waals surface area (Å²) in [5.41, 5.74) is 4.47. The summed E-state index contributed by atoms with van der Waals surface area (Å²) in [7, 11) is 0. The molecule has 4 nitrogen and oxygen atoms in total. The lowest BCUT2D eigenvalue weighted by atomic mass is 10.3. The molecule has 82 valence electrons. The van der Waals surface area contributed by atoms with Crippen molar-refractivity contribution < 1.29 is 14.3 Å². The largest absolute Gasteiger partial charge is 0.427 e. The topological polar surface area (TPSA) is 69.4 Å². The first-order valence-electron chi connectivity index (χ1n) is 4.58. The van der Waals surface area contributed by atoms with Crippen LogP contribution in [0.1, 0.15) is 20.3 Å². The summed E-state index contributed by atoms with van der Waals surface area (Å²) >= 11 is 0. The molecule has 1 aromatic rings. The predicted octanol–water partition coefficient (Wildman–Crippen LogP) is 1.49. The Hall–Kier alpha value is -1.84. The number of esters is 1. The zero-order valence-electron chi connectivity index (χ0n) is 8.90. The van der Waals surface area contributed by atoms with Crippen molar-refractivity contribution >= 4 is 11.9 Å². The summed E-state index contributed by atoms with van der Waals surface area (Å²) in [6.07, 6.45) is 0.412. The Bertz CT molecular complexity index is 305. The molecule has 0 saturated heterocycles. The van der Waals surface area contributed by atoms with Crippen LogP contribution in [0.15, 0.2) is 30.3 Å². The standard InChI is InChI=1S/C9H10O2.C2H5NO/c1-2-9(10)11-8-6-4-3-5-7-8;1-2(3)4/h3-7H,2H2,1H3;1H3,(H2,3,4). The number of hydrogen-bond donors (Lipinski definition) is 1. The molecule has 2 N–H and O–H groups in total. The number of carbonyl (C=O) groups excluding carboxylic acids is 2. The highest BCUT2D eigenvalue weighted by atomic mass is 16.5. The SMILES string of the molecule is CC(N)=O.CCC(=O)Oc1ccccc1. The van der Waals surface area contributed by atoms with E-state index >= 15 is 0 Å². The maximum Gasteiger partial charge on any atom is 0.310 e. The molecule has 0 aromatic heterocycles. The van der Waals surface area contributed by atoms with Crippen molar-refractivity contribution in [1.29, 1.82) is 0 Å². The van der Waals surface area contributed by atoms with Gasteiger partial charge in [-0.2, -0.15) is 0 Å². The van der Waals surface area contributed by atoms with Gasteiger partial charge in [-0.3, -0.25) is 9.59 Å². The highest BCUT2D eigenvalue weighted by Crippen LogP contribution is 2.08. The second kappa shape index (κ2) is 7.55. The van der Waals surface area contributed by atoms with Crippen molar-refractivity contribution in [2.75, 3.05) is 0 Å². The number of carbonyl (C=O) groups is 2. The quantitative estimate of drug-likeness (QED) is 0.592. The zero-order valence-corrected chi connectivity index (χ0v) is 8.90. The fourth-order valence-electron chi connectivity index (χ4n) is 0.692. The molecule has 0 aliphatic heterocycles. The monoisotopic (exact) mass is 209 g/mol. The number of hydrogen-bond acceptors (Lipinski definition) is 3. The fourth-order valence-corrected chi connectivity index (χ4v) is 0.692. The van der Waals surface area contributed by atoms with Gasteiger partial charge >= 0.3 is 5.97 Å². The van der Waals surface area contributed by atoms with E-state index in [2.05, 4.69) is 5.73 Å². The Morgan fingerprint density at radius 2 is 1.73 bits per heavy atom. The molecule has 1 rings (SSSR count). The molecular formula is C11H15NO3. The maximum atomic E-state index is 10.8. The van der Waals surface area contributed by atoms with Gasteiger partial charge in [0.15, 0.2) is 0 Å². The van der Waals surface area contributed by atoms with Crippen molar-refractivity contribution in [2.24, 2.45) is 5.73 Å². The molecule has 0 unspecified atom stereocenters. The average molecular weight is 209 g/mol. The highest BCUT2D eigenvalue weighted by molar-refractivity contribution is 5.71. The van der Waals surface area contributed by atoms with E-state index in [0.29, 0.717) is 12.2 Å².